The number of likely N-dealkylation sites (N-methyl/N-ethyl adjacent to an activating group) is 1. The van der Waals surface area contributed by atoms with E-state index >= 15 is 0 Å². The van der Waals surface area contributed by atoms with Crippen molar-refractivity contribution in [1.82, 2.24) is 35.0 Å². The lowest BCUT2D eigenvalue weighted by Crippen LogP contribution is -2.49. The van der Waals surface area contributed by atoms with Crippen molar-refractivity contribution in [3.05, 3.63) is 60.0 Å². The van der Waals surface area contributed by atoms with Crippen LogP contribution < -0.4 is 30.9 Å². The van der Waals surface area contributed by atoms with Crippen LogP contribution in [-0.2, 0) is 9.59 Å². The average Bonchev–Trinajstić information content (AvgIpc) is 3.57. The van der Waals surface area contributed by atoms with Gasteiger partial charge in [-0.1, -0.05) is 12.1 Å². The van der Waals surface area contributed by atoms with E-state index in [0.29, 0.717) is 42.3 Å². The molecule has 5 saturated heterocycles. The van der Waals surface area contributed by atoms with E-state index in [-0.39, 0.29) is 30.1 Å². The van der Waals surface area contributed by atoms with Crippen molar-refractivity contribution in [3.8, 4) is 5.88 Å². The number of piperidine rings is 4. The highest BCUT2D eigenvalue weighted by atomic mass is 16.5. The van der Waals surface area contributed by atoms with E-state index in [9.17, 15) is 19.2 Å². The second-order valence-corrected chi connectivity index (χ2v) is 16.1. The molecule has 4 N–H and O–H groups in total. The number of anilines is 4. The van der Waals surface area contributed by atoms with Crippen LogP contribution in [0.4, 0.5) is 27.8 Å². The fourth-order valence-electron chi connectivity index (χ4n) is 8.95. The molecule has 5 fully saturated rings. The first-order chi connectivity index (χ1) is 27.7. The Hall–Kier alpha value is -5.51. The van der Waals surface area contributed by atoms with Gasteiger partial charge in [0.1, 0.15) is 5.82 Å². The Morgan fingerprint density at radius 3 is 2.35 bits per heavy atom. The van der Waals surface area contributed by atoms with Crippen molar-refractivity contribution < 1.29 is 23.9 Å². The van der Waals surface area contributed by atoms with Gasteiger partial charge in [-0.3, -0.25) is 19.7 Å². The zero-order valence-electron chi connectivity index (χ0n) is 32.6. The molecule has 0 aliphatic carbocycles. The van der Waals surface area contributed by atoms with Crippen molar-refractivity contribution in [2.45, 2.75) is 69.4 Å². The predicted molar refractivity (Wildman–Crippen MR) is 215 cm³/mol. The molecule has 0 saturated carbocycles. The zero-order valence-corrected chi connectivity index (χ0v) is 32.6. The quantitative estimate of drug-likeness (QED) is 0.242. The van der Waals surface area contributed by atoms with Gasteiger partial charge in [0, 0.05) is 77.5 Å². The number of benzene rings is 1. The molecule has 5 aliphatic heterocycles. The predicted octanol–water partition coefficient (Wildman–Crippen LogP) is 3.33. The van der Waals surface area contributed by atoms with Gasteiger partial charge >= 0.3 is 6.03 Å². The number of likely N-dealkylation sites (tertiary alicyclic amines) is 1. The van der Waals surface area contributed by atoms with E-state index < -0.39 is 17.9 Å². The molecule has 16 nitrogen and oxygen atoms in total. The van der Waals surface area contributed by atoms with Gasteiger partial charge in [0.05, 0.1) is 24.1 Å². The number of carbonyl (C=O) groups excluding carboxylic acids is 4. The number of amides is 5. The van der Waals surface area contributed by atoms with E-state index in [1.165, 1.54) is 5.56 Å². The summed E-state index contributed by atoms with van der Waals surface area (Å²) in [5.74, 6) is 1.22. The van der Waals surface area contributed by atoms with Crippen molar-refractivity contribution in [3.63, 3.8) is 0 Å². The highest BCUT2D eigenvalue weighted by Crippen LogP contribution is 2.32. The molecule has 16 heteroatoms. The monoisotopic (exact) mass is 779 g/mol. The molecule has 1 aromatic carbocycles. The van der Waals surface area contributed by atoms with Crippen LogP contribution in [-0.4, -0.2) is 132 Å². The minimum absolute atomic E-state index is 0.0719. The van der Waals surface area contributed by atoms with Crippen LogP contribution in [0.2, 0.25) is 0 Å². The summed E-state index contributed by atoms with van der Waals surface area (Å²) in [5.41, 5.74) is 8.98. The standard InChI is InChI=1S/C41H53N11O5/c1-48-21-22-52(41(48)56)32-3-2-16-51(26-32)34-24-44-37(38(42)54)39(46-34)45-30-6-4-28(5-7-30)29-14-17-49(18-15-29)25-27-12-19-50(20-13-27)31-8-11-36(43-23-31)57-33-9-10-35(53)47-40(33)55/h4-8,11,23-24,27,29,32-33H,2-3,9-10,12-22,25-26H2,1H3,(H2,42,54)(H,45,46)(H,47,53,55)/t32-,33?/m1/s1. The highest BCUT2D eigenvalue weighted by Gasteiger charge is 2.35. The van der Waals surface area contributed by atoms with Crippen LogP contribution in [0.15, 0.2) is 48.8 Å². The fraction of sp³-hybridized carbons (Fsp3) is 0.537. The Labute approximate surface area is 333 Å². The maximum absolute atomic E-state index is 12.7. The highest BCUT2D eigenvalue weighted by molar-refractivity contribution is 6.00. The molecule has 8 rings (SSSR count). The first-order valence-electron chi connectivity index (χ1n) is 20.4. The van der Waals surface area contributed by atoms with Gasteiger partial charge in [0.25, 0.3) is 11.8 Å². The summed E-state index contributed by atoms with van der Waals surface area (Å²) in [7, 11) is 1.84. The maximum Gasteiger partial charge on any atom is 0.320 e. The summed E-state index contributed by atoms with van der Waals surface area (Å²) in [6, 6.07) is 12.4. The van der Waals surface area contributed by atoms with Gasteiger partial charge in [-0.2, -0.15) is 0 Å². The van der Waals surface area contributed by atoms with Crippen molar-refractivity contribution in [2.24, 2.45) is 11.7 Å². The lowest BCUT2D eigenvalue weighted by atomic mass is 9.88. The molecule has 0 spiro atoms. The second-order valence-electron chi connectivity index (χ2n) is 16.1. The summed E-state index contributed by atoms with van der Waals surface area (Å²) in [5, 5.41) is 5.63. The van der Waals surface area contributed by atoms with E-state index in [1.807, 2.05) is 36.3 Å². The minimum atomic E-state index is -0.688. The van der Waals surface area contributed by atoms with Crippen LogP contribution in [0, 0.1) is 5.92 Å². The molecule has 0 bridgehead atoms. The van der Waals surface area contributed by atoms with Gasteiger partial charge in [0.15, 0.2) is 17.6 Å². The number of carbonyl (C=O) groups is 4. The number of pyridine rings is 1. The van der Waals surface area contributed by atoms with E-state index in [1.54, 1.807) is 17.2 Å². The largest absolute Gasteiger partial charge is 0.464 e. The molecule has 5 amide bonds. The third-order valence-electron chi connectivity index (χ3n) is 12.3. The Bertz CT molecular complexity index is 1930. The number of hydrogen-bond acceptors (Lipinski definition) is 12. The lowest BCUT2D eigenvalue weighted by molar-refractivity contribution is -0.139. The third-order valence-corrected chi connectivity index (χ3v) is 12.3. The Morgan fingerprint density at radius 2 is 1.67 bits per heavy atom. The molecule has 302 valence electrons. The SMILES string of the molecule is CN1CCN([C@@H]2CCCN(c3cnc(C(N)=O)c(Nc4ccc(C5CCN(CC6CCN(c7ccc(OC8CCC(=O)NC8=O)nc7)CC6)CC5)cc4)n3)C2)C1=O. The molecular formula is C41H53N11O5. The first kappa shape index (κ1) is 38.4. The van der Waals surface area contributed by atoms with Gasteiger partial charge in [0.2, 0.25) is 11.8 Å². The van der Waals surface area contributed by atoms with Crippen LogP contribution in [0.25, 0.3) is 0 Å². The fourth-order valence-corrected chi connectivity index (χ4v) is 8.95. The normalized spacial score (nSPS) is 22.9. The number of rotatable bonds is 11. The van der Waals surface area contributed by atoms with E-state index in [2.05, 4.69) is 47.4 Å². The van der Waals surface area contributed by atoms with Crippen molar-refractivity contribution in [1.29, 1.82) is 0 Å². The topological polar surface area (TPSA) is 182 Å². The maximum atomic E-state index is 12.7. The molecule has 5 aliphatic rings. The number of primary amides is 1. The van der Waals surface area contributed by atoms with E-state index in [0.717, 1.165) is 102 Å². The average molecular weight is 780 g/mol. The summed E-state index contributed by atoms with van der Waals surface area (Å²) in [4.78, 5) is 73.0. The Kier molecular flexibility index (Phi) is 11.4. The van der Waals surface area contributed by atoms with Crippen LogP contribution in [0.1, 0.15) is 73.3 Å². The number of imide groups is 1. The molecule has 3 aromatic rings. The first-order valence-corrected chi connectivity index (χ1v) is 20.4. The summed E-state index contributed by atoms with van der Waals surface area (Å²) >= 11 is 0. The third kappa shape index (κ3) is 8.90. The Morgan fingerprint density at radius 1 is 0.877 bits per heavy atom. The smallest absolute Gasteiger partial charge is 0.320 e. The van der Waals surface area contributed by atoms with Gasteiger partial charge in [-0.05, 0) is 87.2 Å². The molecular weight excluding hydrogens is 727 g/mol. The zero-order chi connectivity index (χ0) is 39.5. The number of nitrogens with zero attached hydrogens (tertiary/aromatic N) is 8. The minimum Gasteiger partial charge on any atom is -0.464 e. The molecule has 2 aromatic heterocycles. The lowest BCUT2D eigenvalue weighted by Gasteiger charge is -2.38. The number of nitrogens with one attached hydrogen (secondary N) is 2. The van der Waals surface area contributed by atoms with Crippen molar-refractivity contribution in [2.75, 3.05) is 81.1 Å². The number of hydrogen-bond donors (Lipinski definition) is 3. The number of nitrogens with two attached hydrogens (primary N) is 1. The van der Waals surface area contributed by atoms with Gasteiger partial charge in [-0.25, -0.2) is 19.7 Å². The molecule has 1 unspecified atom stereocenters. The number of aromatic nitrogens is 3. The van der Waals surface area contributed by atoms with Crippen LogP contribution >= 0.6 is 0 Å². The van der Waals surface area contributed by atoms with Crippen molar-refractivity contribution >= 4 is 46.8 Å². The molecule has 7 heterocycles. The molecule has 57 heavy (non-hydrogen) atoms. The van der Waals surface area contributed by atoms with Gasteiger partial charge in [-0.15, -0.1) is 0 Å². The Balaban J connectivity index is 0.795. The summed E-state index contributed by atoms with van der Waals surface area (Å²) in [6.45, 7) is 8.16. The number of ether oxygens (including phenoxy) is 1. The molecule has 0 radical (unpaired) electrons. The number of urea groups is 1. The second kappa shape index (κ2) is 16.9. The van der Waals surface area contributed by atoms with E-state index in [4.69, 9.17) is 15.5 Å². The summed E-state index contributed by atoms with van der Waals surface area (Å²) in [6.07, 6.45) is 9.72. The van der Waals surface area contributed by atoms with Crippen LogP contribution in [0.5, 0.6) is 5.88 Å². The summed E-state index contributed by atoms with van der Waals surface area (Å²) < 4.78 is 5.74. The van der Waals surface area contributed by atoms with Gasteiger partial charge < -0.3 is 40.3 Å². The molecule has 2 atom stereocenters. The van der Waals surface area contributed by atoms with Crippen LogP contribution in [0.3, 0.4) is 0 Å².